The van der Waals surface area contributed by atoms with Crippen molar-refractivity contribution in [2.24, 2.45) is 0 Å². The van der Waals surface area contributed by atoms with Gasteiger partial charge < -0.3 is 4.90 Å². The molecular weight excluding hydrogens is 350 g/mol. The second-order valence-corrected chi connectivity index (χ2v) is 9.43. The normalized spacial score (nSPS) is 20.0. The van der Waals surface area contributed by atoms with Gasteiger partial charge in [0.05, 0.1) is 11.4 Å². The zero-order valence-electron chi connectivity index (χ0n) is 15.7. The van der Waals surface area contributed by atoms with Crippen LogP contribution in [0.3, 0.4) is 0 Å². The lowest BCUT2D eigenvalue weighted by Crippen LogP contribution is -2.52. The molecule has 0 N–H and O–H groups in total. The van der Waals surface area contributed by atoms with Crippen LogP contribution in [0.25, 0.3) is 0 Å². The van der Waals surface area contributed by atoms with Gasteiger partial charge in [0.2, 0.25) is 15.9 Å². The largest absolute Gasteiger partial charge is 0.339 e. The fourth-order valence-electron chi connectivity index (χ4n) is 3.58. The molecule has 1 aromatic rings. The van der Waals surface area contributed by atoms with Crippen molar-refractivity contribution >= 4 is 15.9 Å². The monoisotopic (exact) mass is 379 g/mol. The molecule has 0 aliphatic carbocycles. The lowest BCUT2D eigenvalue weighted by molar-refractivity contribution is -0.133. The second kappa shape index (κ2) is 8.06. The first-order valence-electron chi connectivity index (χ1n) is 9.48. The molecule has 26 heavy (non-hydrogen) atoms. The van der Waals surface area contributed by atoms with Crippen molar-refractivity contribution in [1.29, 1.82) is 0 Å². The van der Waals surface area contributed by atoms with Gasteiger partial charge in [0.25, 0.3) is 0 Å². The Labute approximate surface area is 156 Å². The minimum Gasteiger partial charge on any atom is -0.339 e. The summed E-state index contributed by atoms with van der Waals surface area (Å²) in [5, 5.41) is 0. The van der Waals surface area contributed by atoms with E-state index >= 15 is 0 Å². The highest BCUT2D eigenvalue weighted by Gasteiger charge is 2.30. The van der Waals surface area contributed by atoms with Crippen LogP contribution in [0.4, 0.5) is 0 Å². The molecule has 2 heterocycles. The van der Waals surface area contributed by atoms with E-state index in [0.29, 0.717) is 43.5 Å². The molecule has 0 radical (unpaired) electrons. The fourth-order valence-corrected chi connectivity index (χ4v) is 5.01. The molecule has 7 heteroatoms. The Morgan fingerprint density at radius 3 is 2.08 bits per heavy atom. The molecule has 0 atom stereocenters. The van der Waals surface area contributed by atoms with E-state index in [9.17, 15) is 13.2 Å². The predicted molar refractivity (Wildman–Crippen MR) is 102 cm³/mol. The summed E-state index contributed by atoms with van der Waals surface area (Å²) in [6.07, 6.45) is 2.32. The van der Waals surface area contributed by atoms with Crippen molar-refractivity contribution < 1.29 is 13.2 Å². The van der Waals surface area contributed by atoms with Crippen molar-refractivity contribution in [3.05, 3.63) is 29.8 Å². The molecule has 0 unspecified atom stereocenters. The van der Waals surface area contributed by atoms with E-state index in [2.05, 4.69) is 18.7 Å². The fraction of sp³-hybridized carbons (Fsp3) is 0.632. The molecule has 1 aromatic carbocycles. The number of amides is 1. The highest BCUT2D eigenvalue weighted by Crippen LogP contribution is 2.21. The molecule has 0 bridgehead atoms. The second-order valence-electron chi connectivity index (χ2n) is 7.49. The van der Waals surface area contributed by atoms with Gasteiger partial charge in [-0.2, -0.15) is 4.31 Å². The van der Waals surface area contributed by atoms with Gasteiger partial charge in [-0.1, -0.05) is 26.0 Å². The Bertz CT molecular complexity index is 717. The summed E-state index contributed by atoms with van der Waals surface area (Å²) in [7, 11) is -3.49. The summed E-state index contributed by atoms with van der Waals surface area (Å²) >= 11 is 0. The molecule has 0 spiro atoms. The summed E-state index contributed by atoms with van der Waals surface area (Å²) in [6, 6.07) is 7.14. The number of likely N-dealkylation sites (tertiary alicyclic amines) is 1. The zero-order chi connectivity index (χ0) is 18.7. The van der Waals surface area contributed by atoms with Crippen LogP contribution in [0.15, 0.2) is 29.2 Å². The molecule has 2 aliphatic heterocycles. The molecule has 3 rings (SSSR count). The summed E-state index contributed by atoms with van der Waals surface area (Å²) in [4.78, 5) is 16.7. The van der Waals surface area contributed by atoms with Crippen LogP contribution in [0.2, 0.25) is 0 Å². The standard InChI is InChI=1S/C19H29N3O3S/c1-16(2)17-5-7-18(8-6-17)26(24,25)22-13-11-21(12-14-22)19(23)15-20-9-3-4-10-20/h5-8,16H,3-4,9-15H2,1-2H3. The van der Waals surface area contributed by atoms with Gasteiger partial charge in [-0.25, -0.2) is 8.42 Å². The molecule has 1 amide bonds. The van der Waals surface area contributed by atoms with Crippen molar-refractivity contribution in [3.8, 4) is 0 Å². The number of sulfonamides is 1. The van der Waals surface area contributed by atoms with Crippen LogP contribution in [0, 0.1) is 0 Å². The van der Waals surface area contributed by atoms with Crippen LogP contribution in [0.5, 0.6) is 0 Å². The molecule has 0 aromatic heterocycles. The Balaban J connectivity index is 1.58. The average molecular weight is 380 g/mol. The summed E-state index contributed by atoms with van der Waals surface area (Å²) in [6.45, 7) is 8.28. The van der Waals surface area contributed by atoms with Gasteiger partial charge in [-0.15, -0.1) is 0 Å². The third kappa shape index (κ3) is 4.27. The minimum atomic E-state index is -3.49. The van der Waals surface area contributed by atoms with E-state index in [1.54, 1.807) is 17.0 Å². The van der Waals surface area contributed by atoms with E-state index in [1.165, 1.54) is 4.31 Å². The SMILES string of the molecule is CC(C)c1ccc(S(=O)(=O)N2CCN(C(=O)CN3CCCC3)CC2)cc1. The van der Waals surface area contributed by atoms with Gasteiger partial charge in [0.1, 0.15) is 0 Å². The van der Waals surface area contributed by atoms with Crippen LogP contribution in [-0.4, -0.2) is 74.2 Å². The maximum Gasteiger partial charge on any atom is 0.243 e. The van der Waals surface area contributed by atoms with Crippen LogP contribution in [-0.2, 0) is 14.8 Å². The highest BCUT2D eigenvalue weighted by atomic mass is 32.2. The lowest BCUT2D eigenvalue weighted by Gasteiger charge is -2.34. The lowest BCUT2D eigenvalue weighted by atomic mass is 10.0. The number of hydrogen-bond acceptors (Lipinski definition) is 4. The van der Waals surface area contributed by atoms with Crippen molar-refractivity contribution in [2.75, 3.05) is 45.8 Å². The topological polar surface area (TPSA) is 60.9 Å². The Hall–Kier alpha value is -1.44. The molecule has 2 saturated heterocycles. The van der Waals surface area contributed by atoms with Crippen molar-refractivity contribution in [1.82, 2.24) is 14.1 Å². The van der Waals surface area contributed by atoms with E-state index in [1.807, 2.05) is 12.1 Å². The van der Waals surface area contributed by atoms with Gasteiger partial charge in [-0.05, 0) is 49.5 Å². The third-order valence-corrected chi connectivity index (χ3v) is 7.25. The number of benzene rings is 1. The van der Waals surface area contributed by atoms with E-state index in [0.717, 1.165) is 31.5 Å². The molecule has 2 fully saturated rings. The quantitative estimate of drug-likeness (QED) is 0.782. The summed E-state index contributed by atoms with van der Waals surface area (Å²) < 4.78 is 27.2. The number of hydrogen-bond donors (Lipinski definition) is 0. The van der Waals surface area contributed by atoms with Crippen molar-refractivity contribution in [2.45, 2.75) is 37.5 Å². The molecule has 6 nitrogen and oxygen atoms in total. The van der Waals surface area contributed by atoms with Gasteiger partial charge in [0, 0.05) is 26.2 Å². The summed E-state index contributed by atoms with van der Waals surface area (Å²) in [5.41, 5.74) is 1.13. The maximum atomic E-state index is 12.8. The zero-order valence-corrected chi connectivity index (χ0v) is 16.5. The molecule has 2 aliphatic rings. The first-order valence-corrected chi connectivity index (χ1v) is 10.9. The molecule has 0 saturated carbocycles. The number of rotatable bonds is 5. The third-order valence-electron chi connectivity index (χ3n) is 5.33. The number of carbonyl (C=O) groups excluding carboxylic acids is 1. The van der Waals surface area contributed by atoms with E-state index in [4.69, 9.17) is 0 Å². The van der Waals surface area contributed by atoms with E-state index in [-0.39, 0.29) is 5.91 Å². The Morgan fingerprint density at radius 1 is 0.962 bits per heavy atom. The van der Waals surface area contributed by atoms with Gasteiger partial charge >= 0.3 is 0 Å². The van der Waals surface area contributed by atoms with Gasteiger partial charge in [0.15, 0.2) is 0 Å². The summed E-state index contributed by atoms with van der Waals surface area (Å²) in [5.74, 6) is 0.488. The van der Waals surface area contributed by atoms with Crippen LogP contribution >= 0.6 is 0 Å². The number of nitrogens with zero attached hydrogens (tertiary/aromatic N) is 3. The molecule has 144 valence electrons. The van der Waals surface area contributed by atoms with E-state index < -0.39 is 10.0 Å². The van der Waals surface area contributed by atoms with Crippen LogP contribution < -0.4 is 0 Å². The molecular formula is C19H29N3O3S. The predicted octanol–water partition coefficient (Wildman–Crippen LogP) is 1.74. The smallest absolute Gasteiger partial charge is 0.243 e. The minimum absolute atomic E-state index is 0.116. The average Bonchev–Trinajstić information content (AvgIpc) is 3.15. The van der Waals surface area contributed by atoms with Crippen molar-refractivity contribution in [3.63, 3.8) is 0 Å². The maximum absolute atomic E-state index is 12.8. The highest BCUT2D eigenvalue weighted by molar-refractivity contribution is 7.89. The Kier molecular flexibility index (Phi) is 5.99. The first-order chi connectivity index (χ1) is 12.4. The number of carbonyl (C=O) groups is 1. The first kappa shape index (κ1) is 19.3. The van der Waals surface area contributed by atoms with Gasteiger partial charge in [-0.3, -0.25) is 9.69 Å². The Morgan fingerprint density at radius 2 is 1.54 bits per heavy atom. The van der Waals surface area contributed by atoms with Crippen LogP contribution in [0.1, 0.15) is 38.2 Å². The number of piperazine rings is 1.